The Morgan fingerprint density at radius 1 is 1.06 bits per heavy atom. The quantitative estimate of drug-likeness (QED) is 0.359. The molecule has 0 aromatic heterocycles. The van der Waals surface area contributed by atoms with Crippen LogP contribution in [0.5, 0.6) is 0 Å². The highest BCUT2D eigenvalue weighted by molar-refractivity contribution is 7.99. The van der Waals surface area contributed by atoms with Crippen LogP contribution < -0.4 is 5.73 Å². The van der Waals surface area contributed by atoms with E-state index in [9.17, 15) is 18.0 Å². The number of hydrogen-bond acceptors (Lipinski definition) is 3. The van der Waals surface area contributed by atoms with E-state index in [1.165, 1.54) is 23.9 Å². The second-order valence-corrected chi connectivity index (χ2v) is 8.54. The Kier molecular flexibility index (Phi) is 11.8. The lowest BCUT2D eigenvalue weighted by molar-refractivity contribution is -0.150. The van der Waals surface area contributed by atoms with E-state index in [1.54, 1.807) is 30.3 Å². The lowest BCUT2D eigenvalue weighted by Crippen LogP contribution is -2.30. The van der Waals surface area contributed by atoms with Gasteiger partial charge >= 0.3 is 12.1 Å². The molecule has 2 rings (SSSR count). The van der Waals surface area contributed by atoms with Crippen LogP contribution in [0.1, 0.15) is 38.2 Å². The Balaban J connectivity index is 0.00000233. The van der Waals surface area contributed by atoms with Gasteiger partial charge < -0.3 is 10.8 Å². The number of halogens is 5. The van der Waals surface area contributed by atoms with Crippen LogP contribution in [0.4, 0.5) is 13.2 Å². The van der Waals surface area contributed by atoms with E-state index in [1.807, 2.05) is 13.8 Å². The van der Waals surface area contributed by atoms with Crippen molar-refractivity contribution in [3.05, 3.63) is 58.1 Å². The highest BCUT2D eigenvalue weighted by Crippen LogP contribution is 2.39. The SMILES string of the molecule is CC.NC(CCSCCC(c1ccc(-c2ccc(Cl)cc2Cl)cc1)C(F)(F)F)C(=O)O. The fourth-order valence-corrected chi connectivity index (χ4v) is 4.32. The second-order valence-electron chi connectivity index (χ2n) is 6.47. The third-order valence-corrected chi connectivity index (χ3v) is 5.99. The van der Waals surface area contributed by atoms with Crippen molar-refractivity contribution in [3.8, 4) is 11.1 Å². The van der Waals surface area contributed by atoms with Crippen LogP contribution in [-0.2, 0) is 4.79 Å². The molecule has 0 aliphatic rings. The monoisotopic (exact) mass is 495 g/mol. The molecule has 0 spiro atoms. The van der Waals surface area contributed by atoms with Crippen LogP contribution in [0.15, 0.2) is 42.5 Å². The number of carboxylic acids is 1. The minimum absolute atomic E-state index is 0.0997. The first-order chi connectivity index (χ1) is 14.6. The van der Waals surface area contributed by atoms with Crippen LogP contribution in [0.25, 0.3) is 11.1 Å². The third-order valence-electron chi connectivity index (χ3n) is 4.39. The summed E-state index contributed by atoms with van der Waals surface area (Å²) in [5.74, 6) is -2.06. The maximum atomic E-state index is 13.5. The topological polar surface area (TPSA) is 63.3 Å². The van der Waals surface area contributed by atoms with Crippen LogP contribution in [0.3, 0.4) is 0 Å². The van der Waals surface area contributed by atoms with Gasteiger partial charge in [-0.3, -0.25) is 4.79 Å². The Hall–Kier alpha value is -1.41. The van der Waals surface area contributed by atoms with Crippen LogP contribution in [0.2, 0.25) is 10.0 Å². The molecular formula is C22H26Cl2F3NO2S. The summed E-state index contributed by atoms with van der Waals surface area (Å²) >= 11 is 13.3. The van der Waals surface area contributed by atoms with Gasteiger partial charge in [0, 0.05) is 15.6 Å². The van der Waals surface area contributed by atoms with E-state index in [4.69, 9.17) is 34.0 Å². The summed E-state index contributed by atoms with van der Waals surface area (Å²) in [6.45, 7) is 4.00. The van der Waals surface area contributed by atoms with Crippen LogP contribution in [0, 0.1) is 0 Å². The molecule has 0 saturated carbocycles. The number of hydrogen-bond donors (Lipinski definition) is 2. The van der Waals surface area contributed by atoms with E-state index in [0.29, 0.717) is 26.9 Å². The molecule has 0 amide bonds. The highest BCUT2D eigenvalue weighted by Gasteiger charge is 2.40. The average Bonchev–Trinajstić information content (AvgIpc) is 2.71. The van der Waals surface area contributed by atoms with Gasteiger partial charge in [-0.05, 0) is 47.6 Å². The fraction of sp³-hybridized carbons (Fsp3) is 0.409. The van der Waals surface area contributed by atoms with Gasteiger partial charge in [0.25, 0.3) is 0 Å². The third kappa shape index (κ3) is 8.93. The van der Waals surface area contributed by atoms with Crippen molar-refractivity contribution >= 4 is 40.9 Å². The van der Waals surface area contributed by atoms with Crippen molar-refractivity contribution in [3.63, 3.8) is 0 Å². The number of carbonyl (C=O) groups is 1. The molecule has 0 bridgehead atoms. The van der Waals surface area contributed by atoms with E-state index in [2.05, 4.69) is 0 Å². The van der Waals surface area contributed by atoms with E-state index in [-0.39, 0.29) is 24.2 Å². The number of nitrogens with two attached hydrogens (primary N) is 1. The molecule has 0 heterocycles. The van der Waals surface area contributed by atoms with Crippen molar-refractivity contribution in [2.75, 3.05) is 11.5 Å². The predicted octanol–water partition coefficient (Wildman–Crippen LogP) is 7.26. The molecule has 2 unspecified atom stereocenters. The van der Waals surface area contributed by atoms with Crippen molar-refractivity contribution in [1.29, 1.82) is 0 Å². The Morgan fingerprint density at radius 3 is 2.16 bits per heavy atom. The molecule has 0 radical (unpaired) electrons. The van der Waals surface area contributed by atoms with Crippen molar-refractivity contribution in [2.45, 2.75) is 44.8 Å². The summed E-state index contributed by atoms with van der Waals surface area (Å²) in [7, 11) is 0. The molecule has 2 atom stereocenters. The molecule has 0 aliphatic heterocycles. The van der Waals surface area contributed by atoms with Crippen molar-refractivity contribution < 1.29 is 23.1 Å². The minimum Gasteiger partial charge on any atom is -0.480 e. The van der Waals surface area contributed by atoms with E-state index in [0.717, 1.165) is 0 Å². The average molecular weight is 496 g/mol. The first kappa shape index (κ1) is 27.6. The molecule has 2 aromatic rings. The molecule has 9 heteroatoms. The van der Waals surface area contributed by atoms with Crippen LogP contribution in [-0.4, -0.2) is 34.8 Å². The molecule has 3 nitrogen and oxygen atoms in total. The van der Waals surface area contributed by atoms with Gasteiger partial charge in [-0.15, -0.1) is 0 Å². The molecule has 0 saturated heterocycles. The molecular weight excluding hydrogens is 470 g/mol. The number of carboxylic acid groups (broad SMARTS) is 1. The Morgan fingerprint density at radius 2 is 1.65 bits per heavy atom. The zero-order chi connectivity index (χ0) is 23.6. The number of aliphatic carboxylic acids is 1. The lowest BCUT2D eigenvalue weighted by Gasteiger charge is -2.21. The molecule has 0 aliphatic carbocycles. The van der Waals surface area contributed by atoms with E-state index < -0.39 is 24.1 Å². The van der Waals surface area contributed by atoms with Gasteiger partial charge in [-0.1, -0.05) is 67.4 Å². The predicted molar refractivity (Wildman–Crippen MR) is 124 cm³/mol. The molecule has 172 valence electrons. The summed E-state index contributed by atoms with van der Waals surface area (Å²) in [6, 6.07) is 10.1. The largest absolute Gasteiger partial charge is 0.480 e. The smallest absolute Gasteiger partial charge is 0.395 e. The summed E-state index contributed by atoms with van der Waals surface area (Å²) in [4.78, 5) is 10.7. The fourth-order valence-electron chi connectivity index (χ4n) is 2.77. The zero-order valence-corrected chi connectivity index (χ0v) is 19.6. The number of rotatable bonds is 9. The lowest BCUT2D eigenvalue weighted by atomic mass is 9.93. The molecule has 2 aromatic carbocycles. The Bertz CT molecular complexity index is 832. The van der Waals surface area contributed by atoms with Gasteiger partial charge in [0.15, 0.2) is 0 Å². The van der Waals surface area contributed by atoms with Crippen molar-refractivity contribution in [2.24, 2.45) is 5.73 Å². The molecule has 0 fully saturated rings. The maximum Gasteiger partial charge on any atom is 0.395 e. The van der Waals surface area contributed by atoms with Gasteiger partial charge in [0.1, 0.15) is 6.04 Å². The summed E-state index contributed by atoms with van der Waals surface area (Å²) in [6.07, 6.45) is -4.26. The second kappa shape index (κ2) is 13.2. The standard InChI is InChI=1S/C20H20Cl2F3NO2S.C2H6/c21-14-5-6-15(17(22)11-14)12-1-3-13(4-2-12)16(20(23,24)25)7-9-29-10-8-18(26)19(27)28;1-2/h1-6,11,16,18H,7-10,26H2,(H,27,28);1-2H3. The number of benzene rings is 2. The minimum atomic E-state index is -4.38. The van der Waals surface area contributed by atoms with E-state index >= 15 is 0 Å². The van der Waals surface area contributed by atoms with Gasteiger partial charge in [-0.25, -0.2) is 0 Å². The number of thioether (sulfide) groups is 1. The summed E-state index contributed by atoms with van der Waals surface area (Å²) < 4.78 is 40.6. The first-order valence-corrected chi connectivity index (χ1v) is 11.7. The highest BCUT2D eigenvalue weighted by atomic mass is 35.5. The van der Waals surface area contributed by atoms with Gasteiger partial charge in [0.2, 0.25) is 0 Å². The van der Waals surface area contributed by atoms with Gasteiger partial charge in [-0.2, -0.15) is 24.9 Å². The zero-order valence-electron chi connectivity index (χ0n) is 17.3. The first-order valence-electron chi connectivity index (χ1n) is 9.78. The maximum absolute atomic E-state index is 13.5. The number of alkyl halides is 3. The van der Waals surface area contributed by atoms with Gasteiger partial charge in [0.05, 0.1) is 5.92 Å². The molecule has 3 N–H and O–H groups in total. The summed E-state index contributed by atoms with van der Waals surface area (Å²) in [5.41, 5.74) is 6.96. The normalized spacial score (nSPS) is 13.2. The Labute approximate surface area is 195 Å². The summed E-state index contributed by atoms with van der Waals surface area (Å²) in [5, 5.41) is 9.63. The van der Waals surface area contributed by atoms with Crippen molar-refractivity contribution in [1.82, 2.24) is 0 Å². The molecule has 31 heavy (non-hydrogen) atoms. The van der Waals surface area contributed by atoms with Crippen LogP contribution >= 0.6 is 35.0 Å².